The number of ketones is 1. The Morgan fingerprint density at radius 3 is 2.46 bits per heavy atom. The molecule has 1 heterocycles. The Kier molecular flexibility index (Phi) is 9.10. The van der Waals surface area contributed by atoms with Crippen LogP contribution < -0.4 is 14.2 Å². The van der Waals surface area contributed by atoms with Crippen LogP contribution in [-0.2, 0) is 14.3 Å². The molecule has 0 saturated heterocycles. The fourth-order valence-corrected chi connectivity index (χ4v) is 5.55. The van der Waals surface area contributed by atoms with E-state index >= 15 is 0 Å². The molecule has 1 aliphatic heterocycles. The molecule has 2 aromatic carbocycles. The lowest BCUT2D eigenvalue weighted by Gasteiger charge is -2.37. The minimum Gasteiger partial charge on any atom is -0.493 e. The van der Waals surface area contributed by atoms with Gasteiger partial charge in [-0.05, 0) is 63.3 Å². The van der Waals surface area contributed by atoms with Gasteiger partial charge in [-0.1, -0.05) is 37.6 Å². The predicted octanol–water partition coefficient (Wildman–Crippen LogP) is 6.41. The van der Waals surface area contributed by atoms with Crippen molar-refractivity contribution >= 4 is 17.5 Å². The van der Waals surface area contributed by atoms with Crippen LogP contribution in [0.2, 0.25) is 0 Å². The molecule has 208 valence electrons. The van der Waals surface area contributed by atoms with E-state index in [-0.39, 0.29) is 23.8 Å². The lowest BCUT2D eigenvalue weighted by Crippen LogP contribution is -2.38. The van der Waals surface area contributed by atoms with E-state index in [1.54, 1.807) is 14.2 Å². The maximum absolute atomic E-state index is 14.0. The molecule has 1 aliphatic carbocycles. The van der Waals surface area contributed by atoms with Crippen LogP contribution >= 0.6 is 0 Å². The zero-order valence-electron chi connectivity index (χ0n) is 23.8. The molecule has 0 amide bonds. The molecule has 4 rings (SSSR count). The Morgan fingerprint density at radius 1 is 1.03 bits per heavy atom. The van der Waals surface area contributed by atoms with Gasteiger partial charge >= 0.3 is 5.97 Å². The van der Waals surface area contributed by atoms with Crippen molar-refractivity contribution in [2.45, 2.75) is 71.3 Å². The number of hydrogen-bond acceptors (Lipinski definition) is 7. The predicted molar refractivity (Wildman–Crippen MR) is 151 cm³/mol. The van der Waals surface area contributed by atoms with E-state index in [9.17, 15) is 9.59 Å². The van der Waals surface area contributed by atoms with E-state index in [0.717, 1.165) is 29.7 Å². The van der Waals surface area contributed by atoms with Gasteiger partial charge in [-0.25, -0.2) is 0 Å². The van der Waals surface area contributed by atoms with Crippen molar-refractivity contribution in [3.63, 3.8) is 0 Å². The van der Waals surface area contributed by atoms with Gasteiger partial charge in [-0.2, -0.15) is 0 Å². The average Bonchev–Trinajstić information content (AvgIpc) is 2.91. The molecule has 2 aliphatic rings. The molecule has 3 unspecified atom stereocenters. The highest BCUT2D eigenvalue weighted by Crippen LogP contribution is 2.49. The van der Waals surface area contributed by atoms with E-state index in [4.69, 9.17) is 23.9 Å². The number of nitrogens with zero attached hydrogens (tertiary/aromatic N) is 1. The summed E-state index contributed by atoms with van der Waals surface area (Å²) in [6.45, 7) is 8.18. The van der Waals surface area contributed by atoms with Gasteiger partial charge in [0.2, 0.25) is 0 Å². The van der Waals surface area contributed by atoms with Gasteiger partial charge in [0.25, 0.3) is 0 Å². The highest BCUT2D eigenvalue weighted by molar-refractivity contribution is 6.09. The minimum absolute atomic E-state index is 0.0111. The molecule has 3 atom stereocenters. The highest BCUT2D eigenvalue weighted by atomic mass is 16.5. The van der Waals surface area contributed by atoms with Gasteiger partial charge in [-0.15, -0.1) is 0 Å². The third-order valence-electron chi connectivity index (χ3n) is 7.38. The first kappa shape index (κ1) is 28.4. The first-order valence-electron chi connectivity index (χ1n) is 13.7. The topological polar surface area (TPSA) is 83.4 Å². The van der Waals surface area contributed by atoms with Crippen LogP contribution in [0.15, 0.2) is 58.7 Å². The SMILES string of the molecule is CCCCOC(=O)C1C(C)=NC2=C(C(=O)CC(c3ccc(OC)c(OC)c3)C2)C1c1ccccc1OC(C)C. The number of benzene rings is 2. The first-order valence-corrected chi connectivity index (χ1v) is 13.7. The van der Waals surface area contributed by atoms with Crippen LogP contribution in [0.4, 0.5) is 0 Å². The van der Waals surface area contributed by atoms with Crippen LogP contribution in [0.1, 0.15) is 76.3 Å². The second-order valence-electron chi connectivity index (χ2n) is 10.4. The summed E-state index contributed by atoms with van der Waals surface area (Å²) < 4.78 is 22.8. The molecule has 0 aromatic heterocycles. The highest BCUT2D eigenvalue weighted by Gasteiger charge is 2.45. The lowest BCUT2D eigenvalue weighted by molar-refractivity contribution is -0.146. The minimum atomic E-state index is -0.695. The fraction of sp³-hybridized carbons (Fsp3) is 0.469. The summed E-state index contributed by atoms with van der Waals surface area (Å²) in [7, 11) is 3.20. The van der Waals surface area contributed by atoms with E-state index in [0.29, 0.717) is 48.0 Å². The van der Waals surface area contributed by atoms with Crippen molar-refractivity contribution in [3.8, 4) is 17.2 Å². The quantitative estimate of drug-likeness (QED) is 0.259. The molecule has 0 spiro atoms. The van der Waals surface area contributed by atoms with E-state index in [1.807, 2.05) is 63.2 Å². The largest absolute Gasteiger partial charge is 0.493 e. The number of para-hydroxylation sites is 1. The van der Waals surface area contributed by atoms with Crippen molar-refractivity contribution in [2.75, 3.05) is 20.8 Å². The van der Waals surface area contributed by atoms with Crippen LogP contribution in [0.3, 0.4) is 0 Å². The number of methoxy groups -OCH3 is 2. The zero-order valence-corrected chi connectivity index (χ0v) is 23.8. The Bertz CT molecular complexity index is 1280. The number of unbranched alkanes of at least 4 members (excludes halogenated alkanes) is 1. The standard InChI is InChI=1S/C32H39NO6/c1-7-8-15-38-32(35)29-20(4)33-24-16-22(21-13-14-27(36-5)28(18-21)37-6)17-25(34)31(24)30(29)23-11-9-10-12-26(23)39-19(2)3/h9-14,18-19,22,29-30H,7-8,15-17H2,1-6H3. The molecule has 7 heteroatoms. The summed E-state index contributed by atoms with van der Waals surface area (Å²) >= 11 is 0. The van der Waals surface area contributed by atoms with Crippen LogP contribution in [0.5, 0.6) is 17.2 Å². The van der Waals surface area contributed by atoms with Crippen LogP contribution in [-0.4, -0.2) is 44.4 Å². The van der Waals surface area contributed by atoms with Crippen LogP contribution in [0.25, 0.3) is 0 Å². The molecule has 0 fully saturated rings. The monoisotopic (exact) mass is 533 g/mol. The third-order valence-corrected chi connectivity index (χ3v) is 7.38. The van der Waals surface area contributed by atoms with Crippen molar-refractivity contribution < 1.29 is 28.5 Å². The fourth-order valence-electron chi connectivity index (χ4n) is 5.55. The third kappa shape index (κ3) is 6.02. The molecule has 0 radical (unpaired) electrons. The maximum atomic E-state index is 14.0. The van der Waals surface area contributed by atoms with Crippen LogP contribution in [0, 0.1) is 5.92 Å². The number of Topliss-reactive ketones (excluding diaryl/α,β-unsaturated/α-hetero) is 1. The summed E-state index contributed by atoms with van der Waals surface area (Å²) in [5.41, 5.74) is 3.77. The summed E-state index contributed by atoms with van der Waals surface area (Å²) in [5, 5.41) is 0. The Morgan fingerprint density at radius 2 is 1.77 bits per heavy atom. The molecule has 39 heavy (non-hydrogen) atoms. The molecule has 7 nitrogen and oxygen atoms in total. The Balaban J connectivity index is 1.79. The molecule has 2 aromatic rings. The van der Waals surface area contributed by atoms with Gasteiger partial charge in [0, 0.05) is 34.9 Å². The lowest BCUT2D eigenvalue weighted by atomic mass is 9.69. The Labute approximate surface area is 231 Å². The summed E-state index contributed by atoms with van der Waals surface area (Å²) in [4.78, 5) is 32.3. The van der Waals surface area contributed by atoms with Gasteiger partial charge in [-0.3, -0.25) is 14.6 Å². The summed E-state index contributed by atoms with van der Waals surface area (Å²) in [6, 6.07) is 13.4. The van der Waals surface area contributed by atoms with E-state index in [2.05, 4.69) is 6.92 Å². The number of rotatable bonds is 10. The molecular formula is C32H39NO6. The summed E-state index contributed by atoms with van der Waals surface area (Å²) in [5.74, 6) is 0.278. The number of carbonyl (C=O) groups is 2. The number of hydrogen-bond donors (Lipinski definition) is 0. The van der Waals surface area contributed by atoms with Crippen molar-refractivity contribution in [2.24, 2.45) is 10.9 Å². The zero-order chi connectivity index (χ0) is 28.1. The number of allylic oxidation sites excluding steroid dienone is 2. The first-order chi connectivity index (χ1) is 18.8. The van der Waals surface area contributed by atoms with Gasteiger partial charge in [0.15, 0.2) is 17.3 Å². The van der Waals surface area contributed by atoms with Crippen molar-refractivity contribution in [3.05, 3.63) is 64.9 Å². The second kappa shape index (κ2) is 12.5. The number of carbonyl (C=O) groups excluding carboxylic acids is 2. The normalized spacial score (nSPS) is 20.8. The van der Waals surface area contributed by atoms with Gasteiger partial charge in [0.1, 0.15) is 11.7 Å². The van der Waals surface area contributed by atoms with Crippen molar-refractivity contribution in [1.29, 1.82) is 0 Å². The smallest absolute Gasteiger partial charge is 0.315 e. The second-order valence-corrected chi connectivity index (χ2v) is 10.4. The summed E-state index contributed by atoms with van der Waals surface area (Å²) in [6.07, 6.45) is 2.53. The van der Waals surface area contributed by atoms with Gasteiger partial charge < -0.3 is 18.9 Å². The molecule has 0 bridgehead atoms. The number of aliphatic imine (C=N–C) groups is 1. The average molecular weight is 534 g/mol. The number of esters is 1. The molecule has 0 N–H and O–H groups in total. The van der Waals surface area contributed by atoms with E-state index in [1.165, 1.54) is 0 Å². The molecule has 0 saturated carbocycles. The molecular weight excluding hydrogens is 494 g/mol. The van der Waals surface area contributed by atoms with Crippen molar-refractivity contribution in [1.82, 2.24) is 0 Å². The van der Waals surface area contributed by atoms with E-state index < -0.39 is 11.8 Å². The van der Waals surface area contributed by atoms with Gasteiger partial charge in [0.05, 0.1) is 26.9 Å². The maximum Gasteiger partial charge on any atom is 0.315 e. The number of ether oxygens (including phenoxy) is 4. The Hall–Kier alpha value is -3.61.